The number of rotatable bonds is 5. The lowest BCUT2D eigenvalue weighted by molar-refractivity contribution is 0.0996. The Morgan fingerprint density at radius 2 is 2.09 bits per heavy atom. The molecule has 1 atom stereocenters. The van der Waals surface area contributed by atoms with Crippen molar-refractivity contribution in [3.63, 3.8) is 0 Å². The number of aromatic nitrogens is 4. The Balaban J connectivity index is 1.66. The van der Waals surface area contributed by atoms with Crippen LogP contribution in [0.3, 0.4) is 0 Å². The molecule has 162 valence electrons. The summed E-state index contributed by atoms with van der Waals surface area (Å²) in [5.41, 5.74) is 16.6. The molecule has 32 heavy (non-hydrogen) atoms. The Bertz CT molecular complexity index is 1330. The number of benzene rings is 1. The molecule has 0 unspecified atom stereocenters. The van der Waals surface area contributed by atoms with E-state index in [1.165, 1.54) is 0 Å². The van der Waals surface area contributed by atoms with Gasteiger partial charge < -0.3 is 20.9 Å². The Morgan fingerprint density at radius 3 is 2.88 bits per heavy atom. The Labute approximate surface area is 183 Å². The number of nitrogens with two attached hydrogens (primary N) is 2. The van der Waals surface area contributed by atoms with Crippen molar-refractivity contribution in [2.75, 3.05) is 18.9 Å². The fourth-order valence-corrected chi connectivity index (χ4v) is 3.96. The van der Waals surface area contributed by atoms with E-state index in [0.29, 0.717) is 36.0 Å². The second-order valence-corrected chi connectivity index (χ2v) is 7.73. The number of amides is 1. The number of hydrogen-bond acceptors (Lipinski definition) is 7. The van der Waals surface area contributed by atoms with Crippen molar-refractivity contribution in [2.24, 2.45) is 5.73 Å². The van der Waals surface area contributed by atoms with Gasteiger partial charge in [0.2, 0.25) is 5.88 Å². The molecule has 1 amide bonds. The van der Waals surface area contributed by atoms with Gasteiger partial charge in [0.25, 0.3) is 5.91 Å². The van der Waals surface area contributed by atoms with E-state index >= 15 is 0 Å². The average molecular weight is 430 g/mol. The van der Waals surface area contributed by atoms with Crippen molar-refractivity contribution < 1.29 is 14.3 Å². The summed E-state index contributed by atoms with van der Waals surface area (Å²) in [6.45, 7) is 3.19. The molecule has 5 N–H and O–H groups in total. The second-order valence-electron chi connectivity index (χ2n) is 7.73. The van der Waals surface area contributed by atoms with Gasteiger partial charge in [-0.2, -0.15) is 5.10 Å². The molecule has 1 saturated heterocycles. The van der Waals surface area contributed by atoms with Crippen LogP contribution >= 0.6 is 0 Å². The standard InChI is InChI=1S/C23H22N6O3/c1-12-5-6-16-15(10-26-29-16)20(12)14-9-18(28-22(21(14)24)23(25)30)17-3-2-4-19(27-17)32-13-7-8-31-11-13/h2-6,9-10,13H,7-8,11,24H2,1H3,(H2,25,30)(H,26,29)/t13-/m0/s1. The number of pyridine rings is 2. The average Bonchev–Trinajstić information content (AvgIpc) is 3.46. The maximum Gasteiger partial charge on any atom is 0.269 e. The zero-order valence-electron chi connectivity index (χ0n) is 17.5. The molecule has 1 aromatic carbocycles. The maximum atomic E-state index is 12.2. The van der Waals surface area contributed by atoms with E-state index in [0.717, 1.165) is 28.5 Å². The number of ether oxygens (including phenoxy) is 2. The Hall–Kier alpha value is -3.98. The highest BCUT2D eigenvalue weighted by Crippen LogP contribution is 2.37. The molecular formula is C23H22N6O3. The summed E-state index contributed by atoms with van der Waals surface area (Å²) < 4.78 is 11.3. The predicted octanol–water partition coefficient (Wildman–Crippen LogP) is 2.84. The first kappa shape index (κ1) is 20.0. The van der Waals surface area contributed by atoms with E-state index < -0.39 is 5.91 Å². The van der Waals surface area contributed by atoms with Gasteiger partial charge in [-0.3, -0.25) is 9.89 Å². The Kier molecular flexibility index (Phi) is 4.95. The van der Waals surface area contributed by atoms with Crippen LogP contribution in [0.5, 0.6) is 5.88 Å². The van der Waals surface area contributed by atoms with E-state index in [4.69, 9.17) is 20.9 Å². The minimum absolute atomic E-state index is 0.00490. The summed E-state index contributed by atoms with van der Waals surface area (Å²) in [6.07, 6.45) is 2.52. The van der Waals surface area contributed by atoms with Crippen molar-refractivity contribution in [3.8, 4) is 28.4 Å². The number of carbonyl (C=O) groups is 1. The number of carbonyl (C=O) groups excluding carboxylic acids is 1. The number of hydrogen-bond donors (Lipinski definition) is 3. The van der Waals surface area contributed by atoms with Gasteiger partial charge >= 0.3 is 0 Å². The quantitative estimate of drug-likeness (QED) is 0.442. The SMILES string of the molecule is Cc1ccc2[nH]ncc2c1-c1cc(-c2cccc(O[C@H]3CCOC3)n2)nc(C(N)=O)c1N. The van der Waals surface area contributed by atoms with Crippen LogP contribution in [0.4, 0.5) is 5.69 Å². The monoisotopic (exact) mass is 430 g/mol. The molecule has 4 aromatic rings. The van der Waals surface area contributed by atoms with Crippen LogP contribution in [-0.2, 0) is 4.74 Å². The van der Waals surface area contributed by atoms with E-state index in [9.17, 15) is 4.79 Å². The number of nitrogen functional groups attached to an aromatic ring is 1. The number of fused-ring (bicyclic) bond motifs is 1. The first-order valence-electron chi connectivity index (χ1n) is 10.3. The van der Waals surface area contributed by atoms with E-state index in [1.807, 2.05) is 31.2 Å². The van der Waals surface area contributed by atoms with Gasteiger partial charge in [0.05, 0.1) is 42.0 Å². The number of nitrogens with zero attached hydrogens (tertiary/aromatic N) is 3. The highest BCUT2D eigenvalue weighted by molar-refractivity contribution is 6.05. The van der Waals surface area contributed by atoms with Gasteiger partial charge in [0.15, 0.2) is 5.69 Å². The summed E-state index contributed by atoms with van der Waals surface area (Å²) in [7, 11) is 0. The molecular weight excluding hydrogens is 408 g/mol. The number of anilines is 1. The molecule has 9 heteroatoms. The van der Waals surface area contributed by atoms with Crippen LogP contribution in [-0.4, -0.2) is 45.4 Å². The molecule has 4 heterocycles. The van der Waals surface area contributed by atoms with Crippen LogP contribution in [0.15, 0.2) is 42.6 Å². The van der Waals surface area contributed by atoms with Crippen molar-refractivity contribution in [3.05, 3.63) is 53.9 Å². The smallest absolute Gasteiger partial charge is 0.269 e. The van der Waals surface area contributed by atoms with Crippen molar-refractivity contribution >= 4 is 22.5 Å². The predicted molar refractivity (Wildman–Crippen MR) is 120 cm³/mol. The zero-order chi connectivity index (χ0) is 22.2. The third-order valence-corrected chi connectivity index (χ3v) is 5.56. The molecule has 1 aliphatic rings. The molecule has 0 radical (unpaired) electrons. The minimum atomic E-state index is -0.710. The van der Waals surface area contributed by atoms with E-state index in [-0.39, 0.29) is 17.5 Å². The summed E-state index contributed by atoms with van der Waals surface area (Å²) >= 11 is 0. The van der Waals surface area contributed by atoms with Gasteiger partial charge in [0, 0.05) is 23.4 Å². The number of H-pyrrole nitrogens is 1. The summed E-state index contributed by atoms with van der Waals surface area (Å²) in [5, 5.41) is 7.99. The molecule has 9 nitrogen and oxygen atoms in total. The first-order valence-corrected chi connectivity index (χ1v) is 10.3. The highest BCUT2D eigenvalue weighted by Gasteiger charge is 2.21. The van der Waals surface area contributed by atoms with Gasteiger partial charge in [-0.1, -0.05) is 12.1 Å². The zero-order valence-corrected chi connectivity index (χ0v) is 17.5. The molecule has 0 aliphatic carbocycles. The Morgan fingerprint density at radius 1 is 1.22 bits per heavy atom. The third kappa shape index (κ3) is 3.52. The second kappa shape index (κ2) is 7.93. The van der Waals surface area contributed by atoms with Gasteiger partial charge in [-0.15, -0.1) is 0 Å². The lowest BCUT2D eigenvalue weighted by Gasteiger charge is -2.15. The summed E-state index contributed by atoms with van der Waals surface area (Å²) in [6, 6.07) is 11.2. The number of aromatic amines is 1. The molecule has 0 saturated carbocycles. The van der Waals surface area contributed by atoms with Crippen LogP contribution in [0.25, 0.3) is 33.4 Å². The molecule has 5 rings (SSSR count). The largest absolute Gasteiger partial charge is 0.472 e. The van der Waals surface area contributed by atoms with Gasteiger partial charge in [-0.05, 0) is 36.2 Å². The maximum absolute atomic E-state index is 12.2. The summed E-state index contributed by atoms with van der Waals surface area (Å²) in [5.74, 6) is -0.245. The summed E-state index contributed by atoms with van der Waals surface area (Å²) in [4.78, 5) is 21.2. The fraction of sp³-hybridized carbons (Fsp3) is 0.217. The van der Waals surface area contributed by atoms with E-state index in [2.05, 4.69) is 20.2 Å². The highest BCUT2D eigenvalue weighted by atomic mass is 16.5. The number of primary amides is 1. The van der Waals surface area contributed by atoms with Crippen molar-refractivity contribution in [1.82, 2.24) is 20.2 Å². The number of aryl methyl sites for hydroxylation is 1. The van der Waals surface area contributed by atoms with Crippen molar-refractivity contribution in [2.45, 2.75) is 19.4 Å². The molecule has 1 fully saturated rings. The van der Waals surface area contributed by atoms with Gasteiger partial charge in [-0.25, -0.2) is 9.97 Å². The van der Waals surface area contributed by atoms with Crippen LogP contribution in [0, 0.1) is 6.92 Å². The normalized spacial score (nSPS) is 15.8. The molecule has 0 spiro atoms. The van der Waals surface area contributed by atoms with Crippen LogP contribution in [0.1, 0.15) is 22.5 Å². The first-order chi connectivity index (χ1) is 15.5. The van der Waals surface area contributed by atoms with Crippen LogP contribution in [0.2, 0.25) is 0 Å². The molecule has 3 aromatic heterocycles. The minimum Gasteiger partial charge on any atom is -0.472 e. The van der Waals surface area contributed by atoms with Gasteiger partial charge in [0.1, 0.15) is 6.10 Å². The van der Waals surface area contributed by atoms with Crippen molar-refractivity contribution in [1.29, 1.82) is 0 Å². The third-order valence-electron chi connectivity index (χ3n) is 5.56. The lowest BCUT2D eigenvalue weighted by Crippen LogP contribution is -2.17. The van der Waals surface area contributed by atoms with E-state index in [1.54, 1.807) is 18.3 Å². The van der Waals surface area contributed by atoms with Crippen LogP contribution < -0.4 is 16.2 Å². The molecule has 1 aliphatic heterocycles. The lowest BCUT2D eigenvalue weighted by atomic mass is 9.94. The topological polar surface area (TPSA) is 142 Å². The fourth-order valence-electron chi connectivity index (χ4n) is 3.96. The molecule has 0 bridgehead atoms. The number of nitrogens with one attached hydrogen (secondary N) is 1.